The molecular formula is C20H17F17O2. The van der Waals surface area contributed by atoms with Crippen molar-refractivity contribution in [1.82, 2.24) is 0 Å². The van der Waals surface area contributed by atoms with Crippen molar-refractivity contribution < 1.29 is 84.1 Å². The zero-order chi connectivity index (χ0) is 30.0. The van der Waals surface area contributed by atoms with E-state index in [2.05, 4.69) is 0 Å². The maximum absolute atomic E-state index is 14.1. The van der Waals surface area contributed by atoms with Crippen molar-refractivity contribution in [2.45, 2.75) is 91.6 Å². The summed E-state index contributed by atoms with van der Waals surface area (Å²) in [6.07, 6.45) is -9.71. The molecule has 7 unspecified atom stereocenters. The second kappa shape index (κ2) is 8.40. The summed E-state index contributed by atoms with van der Waals surface area (Å²) in [4.78, 5) is 0. The maximum atomic E-state index is 14.1. The molecule has 4 aliphatic rings. The molecule has 39 heavy (non-hydrogen) atoms. The van der Waals surface area contributed by atoms with Crippen LogP contribution in [0.1, 0.15) is 25.7 Å². The van der Waals surface area contributed by atoms with Crippen LogP contribution >= 0.6 is 0 Å². The molecule has 0 amide bonds. The minimum absolute atomic E-state index is 0.0116. The van der Waals surface area contributed by atoms with Crippen LogP contribution in [0.25, 0.3) is 0 Å². The molecule has 0 spiro atoms. The summed E-state index contributed by atoms with van der Waals surface area (Å²) in [5, 5.41) is 0. The minimum Gasteiger partial charge on any atom is -0.378 e. The van der Waals surface area contributed by atoms with Crippen LogP contribution < -0.4 is 0 Å². The first-order valence-corrected chi connectivity index (χ1v) is 11.3. The number of hydrogen-bond acceptors (Lipinski definition) is 2. The Bertz CT molecular complexity index is 960. The predicted molar refractivity (Wildman–Crippen MR) is 91.5 cm³/mol. The average molecular weight is 612 g/mol. The average Bonchev–Trinajstić information content (AvgIpc) is 3.10. The standard InChI is InChI=1S/C20H17F17O2/c21-13(22,1-2-38-9-4-6-3-8(9)11-7(6)5-10-12(11)39-10)14(23,24)15(25,26)16(27,28)17(29,30)18(31,32)19(33,34)20(35,36)37/h6-12H,1-5H2. The highest BCUT2D eigenvalue weighted by Gasteiger charge is 2.95. The van der Waals surface area contributed by atoms with E-state index in [1.807, 2.05) is 0 Å². The van der Waals surface area contributed by atoms with E-state index in [9.17, 15) is 74.6 Å². The predicted octanol–water partition coefficient (Wildman–Crippen LogP) is 7.21. The molecule has 4 fully saturated rings. The van der Waals surface area contributed by atoms with Gasteiger partial charge in [-0.3, -0.25) is 0 Å². The molecule has 0 radical (unpaired) electrons. The zero-order valence-electron chi connectivity index (χ0n) is 18.8. The molecule has 3 saturated carbocycles. The first-order chi connectivity index (χ1) is 17.3. The highest BCUT2D eigenvalue weighted by molar-refractivity contribution is 5.16. The van der Waals surface area contributed by atoms with E-state index in [1.165, 1.54) is 0 Å². The summed E-state index contributed by atoms with van der Waals surface area (Å²) >= 11 is 0. The van der Waals surface area contributed by atoms with E-state index in [0.29, 0.717) is 6.42 Å². The van der Waals surface area contributed by atoms with Crippen LogP contribution in [0.15, 0.2) is 0 Å². The molecule has 3 aliphatic carbocycles. The molecule has 7 atom stereocenters. The van der Waals surface area contributed by atoms with Crippen molar-refractivity contribution >= 4 is 0 Å². The van der Waals surface area contributed by atoms with Gasteiger partial charge in [0.15, 0.2) is 0 Å². The van der Waals surface area contributed by atoms with Crippen LogP contribution in [0, 0.1) is 23.7 Å². The summed E-state index contributed by atoms with van der Waals surface area (Å²) in [6.45, 7) is -1.52. The number of alkyl halides is 17. The van der Waals surface area contributed by atoms with Crippen molar-refractivity contribution in [1.29, 1.82) is 0 Å². The molecule has 4 rings (SSSR count). The lowest BCUT2D eigenvalue weighted by Crippen LogP contribution is -2.74. The van der Waals surface area contributed by atoms with Gasteiger partial charge >= 0.3 is 47.6 Å². The SMILES string of the molecule is FC(F)(F)C(F)(F)C(F)(F)C(F)(F)C(F)(F)C(F)(F)C(F)(F)C(F)(F)CCOC1CC2CC1C1C2CC2OC21. The fourth-order valence-electron chi connectivity index (χ4n) is 6.13. The second-order valence-electron chi connectivity index (χ2n) is 10.3. The molecule has 2 bridgehead atoms. The molecule has 1 aliphatic heterocycles. The topological polar surface area (TPSA) is 21.8 Å². The van der Waals surface area contributed by atoms with E-state index >= 15 is 0 Å². The molecule has 0 aromatic carbocycles. The monoisotopic (exact) mass is 612 g/mol. The van der Waals surface area contributed by atoms with Gasteiger partial charge in [0, 0.05) is 6.42 Å². The lowest BCUT2D eigenvalue weighted by molar-refractivity contribution is -0.462. The van der Waals surface area contributed by atoms with Crippen LogP contribution in [-0.2, 0) is 9.47 Å². The van der Waals surface area contributed by atoms with Crippen LogP contribution in [0.4, 0.5) is 74.6 Å². The van der Waals surface area contributed by atoms with E-state index in [-0.39, 0.29) is 42.3 Å². The minimum atomic E-state index is -8.61. The van der Waals surface area contributed by atoms with Crippen molar-refractivity contribution in [2.24, 2.45) is 23.7 Å². The summed E-state index contributed by atoms with van der Waals surface area (Å²) in [6, 6.07) is 0. The summed E-state index contributed by atoms with van der Waals surface area (Å²) in [5.41, 5.74) is 0. The number of fused-ring (bicyclic) bond motifs is 7. The molecule has 0 aromatic rings. The van der Waals surface area contributed by atoms with Crippen LogP contribution in [0.5, 0.6) is 0 Å². The Balaban J connectivity index is 1.48. The fraction of sp³-hybridized carbons (Fsp3) is 1.00. The lowest BCUT2D eigenvalue weighted by atomic mass is 9.79. The Hall–Kier alpha value is -1.27. The van der Waals surface area contributed by atoms with Gasteiger partial charge in [-0.2, -0.15) is 74.6 Å². The van der Waals surface area contributed by atoms with E-state index in [4.69, 9.17) is 9.47 Å². The molecular weight excluding hydrogens is 595 g/mol. The first kappa shape index (κ1) is 30.7. The number of hydrogen-bond donors (Lipinski definition) is 0. The normalized spacial score (nSPS) is 33.9. The van der Waals surface area contributed by atoms with Gasteiger partial charge in [0.25, 0.3) is 0 Å². The van der Waals surface area contributed by atoms with E-state index < -0.39 is 66.8 Å². The Labute approximate surface area is 207 Å². The molecule has 19 heteroatoms. The van der Waals surface area contributed by atoms with Gasteiger partial charge in [0.1, 0.15) is 0 Å². The van der Waals surface area contributed by atoms with Crippen LogP contribution in [0.2, 0.25) is 0 Å². The number of epoxide rings is 1. The van der Waals surface area contributed by atoms with Gasteiger partial charge in [-0.05, 0) is 42.9 Å². The quantitative estimate of drug-likeness (QED) is 0.192. The molecule has 0 aromatic heterocycles. The second-order valence-corrected chi connectivity index (χ2v) is 10.3. The van der Waals surface area contributed by atoms with Crippen molar-refractivity contribution in [2.75, 3.05) is 6.61 Å². The Morgan fingerprint density at radius 3 is 1.56 bits per heavy atom. The van der Waals surface area contributed by atoms with Crippen LogP contribution in [-0.4, -0.2) is 72.6 Å². The van der Waals surface area contributed by atoms with Gasteiger partial charge < -0.3 is 9.47 Å². The maximum Gasteiger partial charge on any atom is 0.460 e. The Morgan fingerprint density at radius 1 is 0.564 bits per heavy atom. The molecule has 1 heterocycles. The van der Waals surface area contributed by atoms with E-state index in [1.54, 1.807) is 0 Å². The van der Waals surface area contributed by atoms with Gasteiger partial charge in [-0.15, -0.1) is 0 Å². The summed E-state index contributed by atoms with van der Waals surface area (Å²) in [7, 11) is 0. The highest BCUT2D eigenvalue weighted by Crippen LogP contribution is 2.66. The lowest BCUT2D eigenvalue weighted by Gasteiger charge is -2.42. The smallest absolute Gasteiger partial charge is 0.378 e. The highest BCUT2D eigenvalue weighted by atomic mass is 19.4. The van der Waals surface area contributed by atoms with Gasteiger partial charge in [-0.1, -0.05) is 0 Å². The van der Waals surface area contributed by atoms with E-state index in [0.717, 1.165) is 6.42 Å². The fourth-order valence-corrected chi connectivity index (χ4v) is 6.13. The van der Waals surface area contributed by atoms with Gasteiger partial charge in [-0.25, -0.2) is 0 Å². The summed E-state index contributed by atoms with van der Waals surface area (Å²) in [5.74, 6) is -56.1. The van der Waals surface area contributed by atoms with Gasteiger partial charge in [0.2, 0.25) is 0 Å². The van der Waals surface area contributed by atoms with Crippen LogP contribution in [0.3, 0.4) is 0 Å². The van der Waals surface area contributed by atoms with Crippen molar-refractivity contribution in [3.05, 3.63) is 0 Å². The number of halogens is 17. The third-order valence-electron chi connectivity index (χ3n) is 8.22. The first-order valence-electron chi connectivity index (χ1n) is 11.3. The number of rotatable bonds is 10. The van der Waals surface area contributed by atoms with Crippen molar-refractivity contribution in [3.8, 4) is 0 Å². The third-order valence-corrected chi connectivity index (χ3v) is 8.22. The molecule has 2 nitrogen and oxygen atoms in total. The number of ether oxygens (including phenoxy) is 2. The molecule has 228 valence electrons. The largest absolute Gasteiger partial charge is 0.460 e. The Kier molecular flexibility index (Phi) is 6.61. The zero-order valence-corrected chi connectivity index (χ0v) is 18.8. The molecule has 0 N–H and O–H groups in total. The molecule has 1 saturated heterocycles. The van der Waals surface area contributed by atoms with Crippen molar-refractivity contribution in [3.63, 3.8) is 0 Å². The summed E-state index contributed by atoms with van der Waals surface area (Å²) < 4.78 is 237. The Morgan fingerprint density at radius 2 is 1.05 bits per heavy atom. The third kappa shape index (κ3) is 3.89. The van der Waals surface area contributed by atoms with Gasteiger partial charge in [0.05, 0.1) is 24.9 Å².